The molecule has 38 heavy (non-hydrogen) atoms. The number of halogens is 1. The van der Waals surface area contributed by atoms with E-state index in [0.717, 1.165) is 42.0 Å². The Hall–Kier alpha value is -1.81. The maximum atomic E-state index is 9.61. The molecule has 2 aromatic rings. The Balaban J connectivity index is 0.00000247. The number of ether oxygens (including phenoxy) is 1. The van der Waals surface area contributed by atoms with E-state index in [0.29, 0.717) is 30.1 Å². The predicted molar refractivity (Wildman–Crippen MR) is 168 cm³/mol. The van der Waals surface area contributed by atoms with Gasteiger partial charge in [0.1, 0.15) is 5.76 Å². The molecule has 4 heteroatoms. The zero-order chi connectivity index (χ0) is 28.3. The van der Waals surface area contributed by atoms with Gasteiger partial charge >= 0.3 is 0 Å². The fraction of sp³-hybridized carbons (Fsp3) is 0.529. The summed E-state index contributed by atoms with van der Waals surface area (Å²) in [4.78, 5) is 2.45. The second kappa shape index (κ2) is 15.7. The number of hydrogen-bond acceptors (Lipinski definition) is 3. The Morgan fingerprint density at radius 2 is 2.00 bits per heavy atom. The number of aliphatic hydroxyl groups is 1. The van der Waals surface area contributed by atoms with Crippen LogP contribution in [0.4, 0.5) is 0 Å². The monoisotopic (exact) mass is 556 g/mol. The quantitative estimate of drug-likeness (QED) is 0.196. The number of thiophene rings is 1. The van der Waals surface area contributed by atoms with Crippen LogP contribution in [0.1, 0.15) is 81.2 Å². The fourth-order valence-electron chi connectivity index (χ4n) is 5.13. The van der Waals surface area contributed by atoms with Crippen molar-refractivity contribution in [2.45, 2.75) is 80.1 Å². The van der Waals surface area contributed by atoms with E-state index in [4.69, 9.17) is 16.3 Å². The molecule has 1 fully saturated rings. The smallest absolute Gasteiger partial charge is 0.129 e. The largest absolute Gasteiger partial charge is 0.492 e. The molecule has 2 nitrogen and oxygen atoms in total. The molecule has 0 bridgehead atoms. The molecule has 1 aromatic heterocycles. The second-order valence-corrected chi connectivity index (χ2v) is 12.6. The van der Waals surface area contributed by atoms with E-state index in [9.17, 15) is 5.11 Å². The van der Waals surface area contributed by atoms with Gasteiger partial charge in [-0.05, 0) is 98.6 Å². The molecule has 2 unspecified atom stereocenters. The van der Waals surface area contributed by atoms with E-state index < -0.39 is 0 Å². The molecule has 0 aliphatic heterocycles. The zero-order valence-electron chi connectivity index (χ0n) is 24.5. The van der Waals surface area contributed by atoms with Gasteiger partial charge in [-0.3, -0.25) is 0 Å². The minimum absolute atomic E-state index is 0.119. The van der Waals surface area contributed by atoms with Crippen LogP contribution in [0.15, 0.2) is 61.2 Å². The molecule has 1 aliphatic rings. The van der Waals surface area contributed by atoms with Gasteiger partial charge in [-0.1, -0.05) is 83.2 Å². The van der Waals surface area contributed by atoms with Crippen molar-refractivity contribution in [2.75, 3.05) is 13.2 Å². The SMILES string of the molecule is C=C(OCC(C)(CC)CO)c1ccc(CCC[C@H]2C(=C)C[C@@H](C)C2C=CCc2cc(C)cc(Cl)c2)s1.CC. The Morgan fingerprint density at radius 3 is 2.66 bits per heavy atom. The molecule has 3 rings (SSSR count). The van der Waals surface area contributed by atoms with Crippen LogP contribution in [-0.2, 0) is 17.6 Å². The van der Waals surface area contributed by atoms with Crippen molar-refractivity contribution >= 4 is 28.7 Å². The molecule has 0 spiro atoms. The Kier molecular flexibility index (Phi) is 13.4. The lowest BCUT2D eigenvalue weighted by molar-refractivity contribution is 0.0663. The van der Waals surface area contributed by atoms with E-state index in [1.165, 1.54) is 28.0 Å². The van der Waals surface area contributed by atoms with Crippen molar-refractivity contribution in [3.8, 4) is 0 Å². The molecule has 0 amide bonds. The van der Waals surface area contributed by atoms with Crippen LogP contribution in [-0.4, -0.2) is 18.3 Å². The second-order valence-electron chi connectivity index (χ2n) is 11.0. The molecule has 1 aliphatic carbocycles. The summed E-state index contributed by atoms with van der Waals surface area (Å²) in [7, 11) is 0. The standard InChI is InChI=1S/C32H43ClO2S.C2H6/c1-7-32(6,20-34)21-35-25(5)31-15-14-28(36-31)11-9-13-30-24(4)18-23(3)29(30)12-8-10-26-16-22(2)17-27(33)19-26;1-2/h8,12,14-17,19,23,29-30,34H,4-5,7,9-11,13,18,20-21H2,1-3,6H3;1-2H3/t23-,29?,30+,32?;/m1./s1. The summed E-state index contributed by atoms with van der Waals surface area (Å²) >= 11 is 8.01. The molecule has 210 valence electrons. The number of aliphatic hydroxyl groups excluding tert-OH is 1. The van der Waals surface area contributed by atoms with Crippen LogP contribution in [0.5, 0.6) is 0 Å². The maximum Gasteiger partial charge on any atom is 0.129 e. The highest BCUT2D eigenvalue weighted by Gasteiger charge is 2.33. The molecule has 1 saturated carbocycles. The lowest BCUT2D eigenvalue weighted by atomic mass is 9.85. The van der Waals surface area contributed by atoms with E-state index >= 15 is 0 Å². The Morgan fingerprint density at radius 1 is 1.26 bits per heavy atom. The van der Waals surface area contributed by atoms with Gasteiger partial charge in [-0.15, -0.1) is 11.3 Å². The molecule has 0 radical (unpaired) electrons. The number of rotatable bonds is 13. The van der Waals surface area contributed by atoms with Crippen molar-refractivity contribution in [3.63, 3.8) is 0 Å². The Bertz CT molecular complexity index is 1040. The first kappa shape index (κ1) is 32.4. The van der Waals surface area contributed by atoms with Gasteiger partial charge in [0.25, 0.3) is 0 Å². The topological polar surface area (TPSA) is 29.5 Å². The third-order valence-corrected chi connectivity index (χ3v) is 9.15. The van der Waals surface area contributed by atoms with Gasteiger partial charge in [0.2, 0.25) is 0 Å². The maximum absolute atomic E-state index is 9.61. The summed E-state index contributed by atoms with van der Waals surface area (Å²) in [5.41, 5.74) is 3.67. The summed E-state index contributed by atoms with van der Waals surface area (Å²) in [5, 5.41) is 10.4. The molecular formula is C34H49ClO2S. The van der Waals surface area contributed by atoms with E-state index in [-0.39, 0.29) is 12.0 Å². The molecule has 4 atom stereocenters. The van der Waals surface area contributed by atoms with Crippen LogP contribution >= 0.6 is 22.9 Å². The van der Waals surface area contributed by atoms with Crippen LogP contribution in [0, 0.1) is 30.1 Å². The summed E-state index contributed by atoms with van der Waals surface area (Å²) in [6.45, 7) is 21.7. The highest BCUT2D eigenvalue weighted by Crippen LogP contribution is 2.44. The lowest BCUT2D eigenvalue weighted by Gasteiger charge is -2.25. The summed E-state index contributed by atoms with van der Waals surface area (Å²) in [5.74, 6) is 2.46. The normalized spacial score (nSPS) is 20.7. The van der Waals surface area contributed by atoms with Crippen molar-refractivity contribution in [1.29, 1.82) is 0 Å². The van der Waals surface area contributed by atoms with Crippen LogP contribution in [0.3, 0.4) is 0 Å². The van der Waals surface area contributed by atoms with Gasteiger partial charge in [-0.2, -0.15) is 0 Å². The first-order chi connectivity index (χ1) is 18.1. The van der Waals surface area contributed by atoms with Gasteiger partial charge in [-0.25, -0.2) is 0 Å². The number of hydrogen-bond donors (Lipinski definition) is 1. The number of allylic oxidation sites excluding steroid dienone is 3. The first-order valence-corrected chi connectivity index (χ1v) is 15.5. The van der Waals surface area contributed by atoms with E-state index in [1.807, 2.05) is 26.8 Å². The third kappa shape index (κ3) is 9.43. The molecule has 1 N–H and O–H groups in total. The number of benzene rings is 1. The van der Waals surface area contributed by atoms with Crippen LogP contribution in [0.25, 0.3) is 5.76 Å². The van der Waals surface area contributed by atoms with Crippen LogP contribution < -0.4 is 0 Å². The number of aryl methyl sites for hydroxylation is 2. The van der Waals surface area contributed by atoms with Crippen molar-refractivity contribution in [1.82, 2.24) is 0 Å². The average molecular weight is 557 g/mol. The molecule has 1 aromatic carbocycles. The highest BCUT2D eigenvalue weighted by atomic mass is 35.5. The minimum Gasteiger partial charge on any atom is -0.492 e. The zero-order valence-corrected chi connectivity index (χ0v) is 26.1. The van der Waals surface area contributed by atoms with Crippen molar-refractivity contribution < 1.29 is 9.84 Å². The fourth-order valence-corrected chi connectivity index (χ4v) is 6.42. The van der Waals surface area contributed by atoms with E-state index in [1.54, 1.807) is 11.3 Å². The van der Waals surface area contributed by atoms with Gasteiger partial charge < -0.3 is 9.84 Å². The van der Waals surface area contributed by atoms with Crippen molar-refractivity contribution in [2.24, 2.45) is 23.2 Å². The molecule has 0 saturated heterocycles. The molecule has 1 heterocycles. The average Bonchev–Trinajstić information content (AvgIpc) is 3.47. The predicted octanol–water partition coefficient (Wildman–Crippen LogP) is 10.1. The van der Waals surface area contributed by atoms with E-state index in [2.05, 4.69) is 70.3 Å². The van der Waals surface area contributed by atoms with Crippen LogP contribution in [0.2, 0.25) is 5.02 Å². The lowest BCUT2D eigenvalue weighted by Crippen LogP contribution is -2.26. The highest BCUT2D eigenvalue weighted by molar-refractivity contribution is 7.13. The van der Waals surface area contributed by atoms with Gasteiger partial charge in [0.05, 0.1) is 18.1 Å². The van der Waals surface area contributed by atoms with Crippen molar-refractivity contribution in [3.05, 3.63) is 87.1 Å². The summed E-state index contributed by atoms with van der Waals surface area (Å²) in [6, 6.07) is 10.6. The minimum atomic E-state index is -0.220. The van der Waals surface area contributed by atoms with Gasteiger partial charge in [0.15, 0.2) is 0 Å². The third-order valence-electron chi connectivity index (χ3n) is 7.75. The Labute approximate surface area is 241 Å². The summed E-state index contributed by atoms with van der Waals surface area (Å²) in [6.07, 6.45) is 11.1. The van der Waals surface area contributed by atoms with Gasteiger partial charge in [0, 0.05) is 15.3 Å². The molecular weight excluding hydrogens is 508 g/mol. The summed E-state index contributed by atoms with van der Waals surface area (Å²) < 4.78 is 5.93. The first-order valence-electron chi connectivity index (χ1n) is 14.3.